The first-order valence-electron chi connectivity index (χ1n) is 7.03. The lowest BCUT2D eigenvalue weighted by Gasteiger charge is -2.14. The predicted octanol–water partition coefficient (Wildman–Crippen LogP) is 3.11. The summed E-state index contributed by atoms with van der Waals surface area (Å²) in [6.45, 7) is 3.31. The van der Waals surface area contributed by atoms with E-state index in [0.717, 1.165) is 25.9 Å². The van der Waals surface area contributed by atoms with Crippen molar-refractivity contribution in [3.63, 3.8) is 0 Å². The zero-order chi connectivity index (χ0) is 16.1. The van der Waals surface area contributed by atoms with Crippen LogP contribution in [0.15, 0.2) is 23.3 Å². The van der Waals surface area contributed by atoms with Gasteiger partial charge in [-0.15, -0.1) is 0 Å². The number of carbonyl (C=O) groups excluding carboxylic acids is 2. The lowest BCUT2D eigenvalue weighted by molar-refractivity contribution is -0.128. The Morgan fingerprint density at radius 2 is 1.95 bits per heavy atom. The molecule has 1 aromatic rings. The summed E-state index contributed by atoms with van der Waals surface area (Å²) in [6, 6.07) is 4.60. The highest BCUT2D eigenvalue weighted by Crippen LogP contribution is 2.20. The maximum Gasteiger partial charge on any atom is 0.272 e. The molecule has 1 N–H and O–H groups in total. The van der Waals surface area contributed by atoms with Gasteiger partial charge in [0.2, 0.25) is 5.91 Å². The van der Waals surface area contributed by atoms with Crippen LogP contribution in [-0.4, -0.2) is 35.5 Å². The van der Waals surface area contributed by atoms with Gasteiger partial charge in [0.05, 0.1) is 17.0 Å². The molecule has 118 valence electrons. The van der Waals surface area contributed by atoms with E-state index < -0.39 is 5.91 Å². The molecular weight excluding hydrogens is 325 g/mol. The molecule has 5 nitrogen and oxygen atoms in total. The third kappa shape index (κ3) is 4.45. The molecule has 7 heteroatoms. The number of hydrogen-bond donors (Lipinski definition) is 1. The third-order valence-corrected chi connectivity index (χ3v) is 3.94. The molecule has 1 heterocycles. The summed E-state index contributed by atoms with van der Waals surface area (Å²) in [5.41, 5.74) is 3.24. The molecule has 0 bridgehead atoms. The minimum Gasteiger partial charge on any atom is -0.342 e. The quantitative estimate of drug-likeness (QED) is 0.675. The summed E-state index contributed by atoms with van der Waals surface area (Å²) in [4.78, 5) is 25.8. The zero-order valence-electron chi connectivity index (χ0n) is 12.2. The monoisotopic (exact) mass is 341 g/mol. The van der Waals surface area contributed by atoms with Crippen molar-refractivity contribution >= 4 is 40.7 Å². The number of amides is 2. The molecule has 0 unspecified atom stereocenters. The van der Waals surface area contributed by atoms with Crippen LogP contribution in [0.25, 0.3) is 0 Å². The van der Waals surface area contributed by atoms with Gasteiger partial charge < -0.3 is 4.90 Å². The molecule has 0 atom stereocenters. The number of hydrogen-bond acceptors (Lipinski definition) is 3. The van der Waals surface area contributed by atoms with Crippen LogP contribution in [0, 0.1) is 0 Å². The average Bonchev–Trinajstić information content (AvgIpc) is 2.99. The van der Waals surface area contributed by atoms with Gasteiger partial charge in [-0.1, -0.05) is 23.2 Å². The largest absolute Gasteiger partial charge is 0.342 e. The average molecular weight is 342 g/mol. The number of rotatable bonds is 4. The van der Waals surface area contributed by atoms with Gasteiger partial charge in [-0.05, 0) is 38.0 Å². The number of benzene rings is 1. The van der Waals surface area contributed by atoms with Gasteiger partial charge in [-0.3, -0.25) is 9.59 Å². The second-order valence-corrected chi connectivity index (χ2v) is 6.02. The van der Waals surface area contributed by atoms with Crippen LogP contribution in [0.1, 0.15) is 36.5 Å². The van der Waals surface area contributed by atoms with Crippen LogP contribution in [0.2, 0.25) is 10.0 Å². The first kappa shape index (κ1) is 16.8. The fraction of sp³-hybridized carbons (Fsp3) is 0.400. The molecule has 0 radical (unpaired) electrons. The summed E-state index contributed by atoms with van der Waals surface area (Å²) in [5, 5.41) is 4.66. The number of halogens is 2. The van der Waals surface area contributed by atoms with E-state index >= 15 is 0 Å². The molecule has 1 aromatic carbocycles. The summed E-state index contributed by atoms with van der Waals surface area (Å²) in [7, 11) is 0. The van der Waals surface area contributed by atoms with Crippen LogP contribution in [0.3, 0.4) is 0 Å². The van der Waals surface area contributed by atoms with Gasteiger partial charge >= 0.3 is 0 Å². The van der Waals surface area contributed by atoms with Gasteiger partial charge in [-0.25, -0.2) is 5.43 Å². The molecule has 2 amide bonds. The normalized spacial score (nSPS) is 15.0. The molecule has 0 spiro atoms. The van der Waals surface area contributed by atoms with E-state index in [1.165, 1.54) is 12.1 Å². The Morgan fingerprint density at radius 1 is 1.27 bits per heavy atom. The number of carbonyl (C=O) groups is 2. The second-order valence-electron chi connectivity index (χ2n) is 5.18. The molecule has 0 aromatic heterocycles. The second kappa shape index (κ2) is 7.61. The van der Waals surface area contributed by atoms with Crippen molar-refractivity contribution < 1.29 is 9.59 Å². The topological polar surface area (TPSA) is 61.8 Å². The molecule has 2 rings (SSSR count). The standard InChI is InChI=1S/C15H17Cl2N3O2/c1-10(8-14(21)20-6-2-3-7-20)18-19-15(22)12-5-4-11(16)9-13(12)17/h4-5,9H,2-3,6-8H2,1H3,(H,19,22)/b18-10+. The minimum atomic E-state index is -0.436. The van der Waals surface area contributed by atoms with Gasteiger partial charge in [0, 0.05) is 23.8 Å². The highest BCUT2D eigenvalue weighted by atomic mass is 35.5. The summed E-state index contributed by atoms with van der Waals surface area (Å²) >= 11 is 11.7. The van der Waals surface area contributed by atoms with Crippen molar-refractivity contribution in [2.75, 3.05) is 13.1 Å². The van der Waals surface area contributed by atoms with Gasteiger partial charge in [-0.2, -0.15) is 5.10 Å². The van der Waals surface area contributed by atoms with Crippen LogP contribution >= 0.6 is 23.2 Å². The summed E-state index contributed by atoms with van der Waals surface area (Å²) < 4.78 is 0. The highest BCUT2D eigenvalue weighted by Gasteiger charge is 2.18. The molecule has 1 saturated heterocycles. The molecule has 0 saturated carbocycles. The van der Waals surface area contributed by atoms with E-state index in [9.17, 15) is 9.59 Å². The van der Waals surface area contributed by atoms with Gasteiger partial charge in [0.25, 0.3) is 5.91 Å². The van der Waals surface area contributed by atoms with Crippen molar-refractivity contribution in [3.05, 3.63) is 33.8 Å². The SMILES string of the molecule is C/C(CC(=O)N1CCCC1)=N\NC(=O)c1ccc(Cl)cc1Cl. The maximum atomic E-state index is 12.0. The Bertz CT molecular complexity index is 611. The summed E-state index contributed by atoms with van der Waals surface area (Å²) in [5.74, 6) is -0.396. The maximum absolute atomic E-state index is 12.0. The molecule has 0 aliphatic carbocycles. The zero-order valence-corrected chi connectivity index (χ0v) is 13.7. The van der Waals surface area contributed by atoms with Crippen LogP contribution in [0.4, 0.5) is 0 Å². The number of likely N-dealkylation sites (tertiary alicyclic amines) is 1. The molecule has 22 heavy (non-hydrogen) atoms. The Labute approximate surface area is 139 Å². The smallest absolute Gasteiger partial charge is 0.272 e. The van der Waals surface area contributed by atoms with E-state index in [-0.39, 0.29) is 22.9 Å². The summed E-state index contributed by atoms with van der Waals surface area (Å²) in [6.07, 6.45) is 2.30. The van der Waals surface area contributed by atoms with E-state index in [2.05, 4.69) is 10.5 Å². The fourth-order valence-electron chi connectivity index (χ4n) is 2.22. The lowest BCUT2D eigenvalue weighted by atomic mass is 10.2. The number of nitrogens with one attached hydrogen (secondary N) is 1. The minimum absolute atomic E-state index is 0.0394. The Morgan fingerprint density at radius 3 is 2.59 bits per heavy atom. The Kier molecular flexibility index (Phi) is 5.80. The first-order valence-corrected chi connectivity index (χ1v) is 7.79. The molecular formula is C15H17Cl2N3O2. The van der Waals surface area contributed by atoms with E-state index in [4.69, 9.17) is 23.2 Å². The van der Waals surface area contributed by atoms with Crippen molar-refractivity contribution in [1.82, 2.24) is 10.3 Å². The Balaban J connectivity index is 1.92. The van der Waals surface area contributed by atoms with Gasteiger partial charge in [0.15, 0.2) is 0 Å². The number of hydrazone groups is 1. The molecule has 1 aliphatic rings. The first-order chi connectivity index (χ1) is 10.5. The Hall–Kier alpha value is -1.59. The number of nitrogens with zero attached hydrogens (tertiary/aromatic N) is 2. The van der Waals surface area contributed by atoms with E-state index in [1.807, 2.05) is 4.90 Å². The van der Waals surface area contributed by atoms with Gasteiger partial charge in [0.1, 0.15) is 0 Å². The third-order valence-electron chi connectivity index (χ3n) is 3.39. The fourth-order valence-corrected chi connectivity index (χ4v) is 2.71. The molecule has 1 aliphatic heterocycles. The van der Waals surface area contributed by atoms with Crippen molar-refractivity contribution in [2.45, 2.75) is 26.2 Å². The highest BCUT2D eigenvalue weighted by molar-refractivity contribution is 6.36. The van der Waals surface area contributed by atoms with Crippen molar-refractivity contribution in [2.24, 2.45) is 5.10 Å². The lowest BCUT2D eigenvalue weighted by Crippen LogP contribution is -2.29. The van der Waals surface area contributed by atoms with Crippen molar-refractivity contribution in [1.29, 1.82) is 0 Å². The van der Waals surface area contributed by atoms with E-state index in [0.29, 0.717) is 10.7 Å². The van der Waals surface area contributed by atoms with Crippen LogP contribution in [0.5, 0.6) is 0 Å². The van der Waals surface area contributed by atoms with Crippen LogP contribution in [-0.2, 0) is 4.79 Å². The van der Waals surface area contributed by atoms with Crippen molar-refractivity contribution in [3.8, 4) is 0 Å². The van der Waals surface area contributed by atoms with E-state index in [1.54, 1.807) is 13.0 Å². The van der Waals surface area contributed by atoms with Crippen LogP contribution < -0.4 is 5.43 Å². The predicted molar refractivity (Wildman–Crippen MR) is 87.5 cm³/mol. The molecule has 1 fully saturated rings.